The molecule has 0 unspecified atom stereocenters. The number of hydrogen-bond acceptors (Lipinski definition) is 1. The average Bonchev–Trinajstić information content (AvgIpc) is 2.62. The maximum absolute atomic E-state index is 11.9. The fraction of sp³-hybridized carbons (Fsp3) is 0.786. The maximum atomic E-state index is 11.9. The van der Waals surface area contributed by atoms with Crippen molar-refractivity contribution >= 4 is 5.78 Å². The van der Waals surface area contributed by atoms with Crippen molar-refractivity contribution < 1.29 is 4.79 Å². The fourth-order valence-corrected chi connectivity index (χ4v) is 4.53. The van der Waals surface area contributed by atoms with Gasteiger partial charge in [0, 0.05) is 11.8 Å². The van der Waals surface area contributed by atoms with Gasteiger partial charge in [-0.25, -0.2) is 0 Å². The van der Waals surface area contributed by atoms with Crippen LogP contribution in [0.5, 0.6) is 0 Å². The SMILES string of the molecule is CC1=C2CC[C@@]3(C)CCCC[C@@]23CC1=O. The van der Waals surface area contributed by atoms with Crippen molar-refractivity contribution in [3.63, 3.8) is 0 Å². The summed E-state index contributed by atoms with van der Waals surface area (Å²) in [5.74, 6) is 0.442. The smallest absolute Gasteiger partial charge is 0.159 e. The lowest BCUT2D eigenvalue weighted by molar-refractivity contribution is -0.117. The van der Waals surface area contributed by atoms with Gasteiger partial charge in [0.05, 0.1) is 0 Å². The van der Waals surface area contributed by atoms with Gasteiger partial charge in [0.2, 0.25) is 0 Å². The summed E-state index contributed by atoms with van der Waals surface area (Å²) in [6.07, 6.45) is 8.70. The Hall–Kier alpha value is -0.590. The molecule has 0 aromatic carbocycles. The third-order valence-electron chi connectivity index (χ3n) is 5.58. The quantitative estimate of drug-likeness (QED) is 0.589. The molecule has 2 atom stereocenters. The maximum Gasteiger partial charge on any atom is 0.159 e. The van der Waals surface area contributed by atoms with Gasteiger partial charge in [0.1, 0.15) is 0 Å². The Morgan fingerprint density at radius 1 is 1.13 bits per heavy atom. The van der Waals surface area contributed by atoms with Gasteiger partial charge in [-0.05, 0) is 43.6 Å². The van der Waals surface area contributed by atoms with Crippen LogP contribution in [0.2, 0.25) is 0 Å². The second-order valence-corrected chi connectivity index (χ2v) is 6.05. The number of Topliss-reactive ketones (excluding diaryl/α,β-unsaturated/α-hetero) is 1. The van der Waals surface area contributed by atoms with E-state index < -0.39 is 0 Å². The Morgan fingerprint density at radius 3 is 2.67 bits per heavy atom. The molecule has 82 valence electrons. The van der Waals surface area contributed by atoms with E-state index in [1.807, 2.05) is 0 Å². The first-order valence-electron chi connectivity index (χ1n) is 6.33. The van der Waals surface area contributed by atoms with Crippen molar-refractivity contribution in [2.75, 3.05) is 0 Å². The van der Waals surface area contributed by atoms with Gasteiger partial charge in [-0.15, -0.1) is 0 Å². The summed E-state index contributed by atoms with van der Waals surface area (Å²) < 4.78 is 0. The van der Waals surface area contributed by atoms with Crippen LogP contribution in [0.4, 0.5) is 0 Å². The Balaban J connectivity index is 2.14. The van der Waals surface area contributed by atoms with Gasteiger partial charge in [-0.3, -0.25) is 4.79 Å². The van der Waals surface area contributed by atoms with Gasteiger partial charge < -0.3 is 0 Å². The number of rotatable bonds is 0. The summed E-state index contributed by atoms with van der Waals surface area (Å²) in [4.78, 5) is 11.9. The highest BCUT2D eigenvalue weighted by molar-refractivity contribution is 5.99. The van der Waals surface area contributed by atoms with Crippen LogP contribution < -0.4 is 0 Å². The van der Waals surface area contributed by atoms with E-state index in [0.717, 1.165) is 12.0 Å². The molecular formula is C14H20O. The molecule has 3 rings (SSSR count). The summed E-state index contributed by atoms with van der Waals surface area (Å²) in [6, 6.07) is 0. The zero-order chi connectivity index (χ0) is 10.7. The average molecular weight is 204 g/mol. The molecule has 0 aliphatic heterocycles. The van der Waals surface area contributed by atoms with Crippen LogP contribution >= 0.6 is 0 Å². The van der Waals surface area contributed by atoms with E-state index in [1.165, 1.54) is 38.5 Å². The molecule has 0 N–H and O–H groups in total. The van der Waals surface area contributed by atoms with Crippen LogP contribution in [0.3, 0.4) is 0 Å². The van der Waals surface area contributed by atoms with Gasteiger partial charge in [0.15, 0.2) is 5.78 Å². The predicted molar refractivity (Wildman–Crippen MR) is 60.6 cm³/mol. The Kier molecular flexibility index (Phi) is 1.76. The first-order chi connectivity index (χ1) is 7.09. The summed E-state index contributed by atoms with van der Waals surface area (Å²) in [7, 11) is 0. The number of carbonyl (C=O) groups excluding carboxylic acids is 1. The summed E-state index contributed by atoms with van der Waals surface area (Å²) in [6.45, 7) is 4.50. The zero-order valence-electron chi connectivity index (χ0n) is 9.86. The van der Waals surface area contributed by atoms with Crippen molar-refractivity contribution in [2.45, 2.75) is 58.8 Å². The van der Waals surface area contributed by atoms with Crippen molar-refractivity contribution in [1.82, 2.24) is 0 Å². The molecule has 1 heteroatoms. The van der Waals surface area contributed by atoms with Crippen molar-refractivity contribution in [3.8, 4) is 0 Å². The largest absolute Gasteiger partial charge is 0.295 e. The van der Waals surface area contributed by atoms with E-state index in [9.17, 15) is 4.79 Å². The lowest BCUT2D eigenvalue weighted by Crippen LogP contribution is -2.38. The Labute approximate surface area is 91.9 Å². The van der Waals surface area contributed by atoms with Crippen LogP contribution in [0.25, 0.3) is 0 Å². The topological polar surface area (TPSA) is 17.1 Å². The molecule has 0 amide bonds. The molecular weight excluding hydrogens is 184 g/mol. The number of hydrogen-bond donors (Lipinski definition) is 0. The van der Waals surface area contributed by atoms with Gasteiger partial charge in [-0.2, -0.15) is 0 Å². The Morgan fingerprint density at radius 2 is 1.87 bits per heavy atom. The number of ketones is 1. The zero-order valence-corrected chi connectivity index (χ0v) is 9.86. The summed E-state index contributed by atoms with van der Waals surface area (Å²) >= 11 is 0. The Bertz CT molecular complexity index is 366. The van der Waals surface area contributed by atoms with E-state index >= 15 is 0 Å². The van der Waals surface area contributed by atoms with Gasteiger partial charge in [-0.1, -0.05) is 25.3 Å². The third-order valence-corrected chi connectivity index (χ3v) is 5.58. The van der Waals surface area contributed by atoms with E-state index in [4.69, 9.17) is 0 Å². The molecule has 0 heterocycles. The van der Waals surface area contributed by atoms with E-state index in [0.29, 0.717) is 16.6 Å². The molecule has 0 aromatic rings. The molecule has 0 radical (unpaired) electrons. The molecule has 0 bridgehead atoms. The number of carbonyl (C=O) groups is 1. The summed E-state index contributed by atoms with van der Waals surface area (Å²) in [5.41, 5.74) is 3.44. The highest BCUT2D eigenvalue weighted by Gasteiger charge is 2.59. The van der Waals surface area contributed by atoms with Crippen LogP contribution in [0, 0.1) is 10.8 Å². The third kappa shape index (κ3) is 0.971. The van der Waals surface area contributed by atoms with Gasteiger partial charge >= 0.3 is 0 Å². The standard InChI is InChI=1S/C14H20O/c1-10-11-5-8-13(2)6-3-4-7-14(11,13)9-12(10)15/h3-9H2,1-2H3/t13-,14-/m1/s1. The minimum absolute atomic E-state index is 0.312. The molecule has 3 aliphatic carbocycles. The number of allylic oxidation sites excluding steroid dienone is 2. The van der Waals surface area contributed by atoms with Crippen LogP contribution in [-0.4, -0.2) is 5.78 Å². The van der Waals surface area contributed by atoms with Gasteiger partial charge in [0.25, 0.3) is 0 Å². The van der Waals surface area contributed by atoms with Crippen LogP contribution in [0.15, 0.2) is 11.1 Å². The monoisotopic (exact) mass is 204 g/mol. The summed E-state index contributed by atoms with van der Waals surface area (Å²) in [5, 5.41) is 0. The highest BCUT2D eigenvalue weighted by atomic mass is 16.1. The molecule has 1 nitrogen and oxygen atoms in total. The minimum atomic E-state index is 0.312. The van der Waals surface area contributed by atoms with Crippen LogP contribution in [0.1, 0.15) is 58.8 Å². The van der Waals surface area contributed by atoms with E-state index in [1.54, 1.807) is 5.57 Å². The molecule has 2 saturated carbocycles. The van der Waals surface area contributed by atoms with Crippen molar-refractivity contribution in [3.05, 3.63) is 11.1 Å². The molecule has 0 aromatic heterocycles. The predicted octanol–water partition coefficient (Wildman–Crippen LogP) is 3.64. The highest BCUT2D eigenvalue weighted by Crippen LogP contribution is 2.68. The lowest BCUT2D eigenvalue weighted by Gasteiger charge is -2.46. The minimum Gasteiger partial charge on any atom is -0.295 e. The molecule has 1 spiro atoms. The molecule has 15 heavy (non-hydrogen) atoms. The molecule has 2 fully saturated rings. The van der Waals surface area contributed by atoms with E-state index in [-0.39, 0.29) is 0 Å². The second-order valence-electron chi connectivity index (χ2n) is 6.05. The van der Waals surface area contributed by atoms with Crippen molar-refractivity contribution in [2.24, 2.45) is 10.8 Å². The van der Waals surface area contributed by atoms with Crippen LogP contribution in [-0.2, 0) is 4.79 Å². The molecule has 0 saturated heterocycles. The first kappa shape index (κ1) is 9.62. The molecule has 3 aliphatic rings. The van der Waals surface area contributed by atoms with E-state index in [2.05, 4.69) is 13.8 Å². The lowest BCUT2D eigenvalue weighted by atomic mass is 9.57. The first-order valence-corrected chi connectivity index (χ1v) is 6.33. The normalized spacial score (nSPS) is 44.5. The fourth-order valence-electron chi connectivity index (χ4n) is 4.53. The van der Waals surface area contributed by atoms with Crippen molar-refractivity contribution in [1.29, 1.82) is 0 Å². The second kappa shape index (κ2) is 2.75.